The maximum absolute atomic E-state index is 13.7. The Balaban J connectivity index is 2.39. The number of ether oxygens (including phenoxy) is 2. The molecule has 1 fully saturated rings. The Labute approximate surface area is 155 Å². The predicted molar refractivity (Wildman–Crippen MR) is 94.7 cm³/mol. The number of methoxy groups -OCH3 is 1. The SMILES string of the molecule is COC(=O)C1(Cc2cc(F)cc(Br)c2)CCCN1C(=O)OC(C)(C)C. The minimum Gasteiger partial charge on any atom is -0.467 e. The van der Waals surface area contributed by atoms with Crippen LogP contribution in [0.1, 0.15) is 39.2 Å². The van der Waals surface area contributed by atoms with Crippen molar-refractivity contribution in [1.82, 2.24) is 4.90 Å². The van der Waals surface area contributed by atoms with Crippen LogP contribution in [0.25, 0.3) is 0 Å². The molecule has 0 aromatic heterocycles. The second-order valence-electron chi connectivity index (χ2n) is 7.21. The summed E-state index contributed by atoms with van der Waals surface area (Å²) >= 11 is 3.26. The summed E-state index contributed by atoms with van der Waals surface area (Å²) < 4.78 is 24.7. The van der Waals surface area contributed by atoms with Crippen molar-refractivity contribution in [2.45, 2.75) is 51.2 Å². The molecule has 0 bridgehead atoms. The number of halogens is 2. The topological polar surface area (TPSA) is 55.8 Å². The van der Waals surface area contributed by atoms with Crippen molar-refractivity contribution < 1.29 is 23.5 Å². The lowest BCUT2D eigenvalue weighted by atomic mass is 9.88. The number of amides is 1. The third kappa shape index (κ3) is 4.51. The van der Waals surface area contributed by atoms with E-state index < -0.39 is 29.0 Å². The maximum atomic E-state index is 13.7. The van der Waals surface area contributed by atoms with Crippen LogP contribution in [0.15, 0.2) is 22.7 Å². The van der Waals surface area contributed by atoms with E-state index in [1.165, 1.54) is 24.1 Å². The molecule has 25 heavy (non-hydrogen) atoms. The molecule has 2 rings (SSSR count). The first-order valence-corrected chi connectivity index (χ1v) is 8.91. The van der Waals surface area contributed by atoms with Crippen LogP contribution in [-0.4, -0.2) is 41.8 Å². The zero-order valence-electron chi connectivity index (χ0n) is 14.9. The molecule has 0 spiro atoms. The second-order valence-corrected chi connectivity index (χ2v) is 8.13. The molecule has 0 aliphatic carbocycles. The van der Waals surface area contributed by atoms with Gasteiger partial charge in [-0.15, -0.1) is 0 Å². The summed E-state index contributed by atoms with van der Waals surface area (Å²) in [6.45, 7) is 5.69. The van der Waals surface area contributed by atoms with Gasteiger partial charge in [-0.1, -0.05) is 15.9 Å². The maximum Gasteiger partial charge on any atom is 0.411 e. The van der Waals surface area contributed by atoms with Crippen LogP contribution in [0.4, 0.5) is 9.18 Å². The van der Waals surface area contributed by atoms with Crippen molar-refractivity contribution in [2.75, 3.05) is 13.7 Å². The Hall–Kier alpha value is -1.63. The molecule has 138 valence electrons. The van der Waals surface area contributed by atoms with E-state index in [2.05, 4.69) is 15.9 Å². The summed E-state index contributed by atoms with van der Waals surface area (Å²) in [5.41, 5.74) is -1.26. The molecule has 1 aromatic carbocycles. The number of hydrogen-bond acceptors (Lipinski definition) is 4. The molecule has 1 amide bonds. The van der Waals surface area contributed by atoms with E-state index in [0.29, 0.717) is 29.4 Å². The number of hydrogen-bond donors (Lipinski definition) is 0. The fourth-order valence-corrected chi connectivity index (χ4v) is 3.68. The first-order chi connectivity index (χ1) is 11.6. The van der Waals surface area contributed by atoms with Gasteiger partial charge in [0.15, 0.2) is 0 Å². The molecule has 1 aliphatic rings. The highest BCUT2D eigenvalue weighted by atomic mass is 79.9. The monoisotopic (exact) mass is 415 g/mol. The van der Waals surface area contributed by atoms with Crippen LogP contribution in [0.3, 0.4) is 0 Å². The van der Waals surface area contributed by atoms with Crippen LogP contribution >= 0.6 is 15.9 Å². The lowest BCUT2D eigenvalue weighted by Gasteiger charge is -2.37. The van der Waals surface area contributed by atoms with Gasteiger partial charge in [0.25, 0.3) is 0 Å². The van der Waals surface area contributed by atoms with Gasteiger partial charge in [0, 0.05) is 17.4 Å². The Morgan fingerprint density at radius 2 is 2.00 bits per heavy atom. The van der Waals surface area contributed by atoms with Crippen LogP contribution in [0, 0.1) is 5.82 Å². The minimum absolute atomic E-state index is 0.162. The van der Waals surface area contributed by atoms with Crippen LogP contribution in [0.2, 0.25) is 0 Å². The third-order valence-corrected chi connectivity index (χ3v) is 4.54. The molecule has 0 radical (unpaired) electrons. The Morgan fingerprint density at radius 1 is 1.32 bits per heavy atom. The number of esters is 1. The standard InChI is InChI=1S/C18H23BrFNO4/c1-17(2,3)25-16(23)21-7-5-6-18(21,15(22)24-4)11-12-8-13(19)10-14(20)9-12/h8-10H,5-7,11H2,1-4H3. The van der Waals surface area contributed by atoms with Gasteiger partial charge in [-0.2, -0.15) is 0 Å². The molecule has 7 heteroatoms. The molecule has 1 heterocycles. The first kappa shape index (κ1) is 19.7. The number of nitrogens with zero attached hydrogens (tertiary/aromatic N) is 1. The highest BCUT2D eigenvalue weighted by Crippen LogP contribution is 2.36. The van der Waals surface area contributed by atoms with E-state index in [1.54, 1.807) is 26.8 Å². The number of rotatable bonds is 3. The summed E-state index contributed by atoms with van der Waals surface area (Å²) in [6.07, 6.45) is 0.679. The van der Waals surface area contributed by atoms with Crippen molar-refractivity contribution in [3.63, 3.8) is 0 Å². The van der Waals surface area contributed by atoms with Gasteiger partial charge in [-0.3, -0.25) is 4.90 Å². The Morgan fingerprint density at radius 3 is 2.56 bits per heavy atom. The van der Waals surface area contributed by atoms with Crippen molar-refractivity contribution in [1.29, 1.82) is 0 Å². The molecule has 1 atom stereocenters. The number of carbonyl (C=O) groups is 2. The second kappa shape index (κ2) is 7.32. The van der Waals surface area contributed by atoms with Crippen molar-refractivity contribution in [2.24, 2.45) is 0 Å². The van der Waals surface area contributed by atoms with E-state index in [0.717, 1.165) is 0 Å². The van der Waals surface area contributed by atoms with Crippen LogP contribution < -0.4 is 0 Å². The van der Waals surface area contributed by atoms with Crippen LogP contribution in [-0.2, 0) is 20.7 Å². The highest BCUT2D eigenvalue weighted by molar-refractivity contribution is 9.10. The van der Waals surface area contributed by atoms with Gasteiger partial charge < -0.3 is 9.47 Å². The lowest BCUT2D eigenvalue weighted by molar-refractivity contribution is -0.153. The van der Waals surface area contributed by atoms with E-state index >= 15 is 0 Å². The molecule has 0 N–H and O–H groups in total. The Bertz CT molecular complexity index is 653. The number of carbonyl (C=O) groups excluding carboxylic acids is 2. The van der Waals surface area contributed by atoms with Crippen molar-refractivity contribution in [3.05, 3.63) is 34.1 Å². The molecule has 0 saturated carbocycles. The van der Waals surface area contributed by atoms with E-state index in [-0.39, 0.29) is 6.42 Å². The molecule has 1 aromatic rings. The predicted octanol–water partition coefficient (Wildman–Crippen LogP) is 4.07. The van der Waals surface area contributed by atoms with Crippen LogP contribution in [0.5, 0.6) is 0 Å². The molecule has 1 unspecified atom stereocenters. The van der Waals surface area contributed by atoms with Crippen molar-refractivity contribution in [3.8, 4) is 0 Å². The van der Waals surface area contributed by atoms with Gasteiger partial charge in [0.1, 0.15) is 17.0 Å². The fourth-order valence-electron chi connectivity index (χ4n) is 3.17. The molecular weight excluding hydrogens is 393 g/mol. The molecular formula is C18H23BrFNO4. The zero-order chi connectivity index (χ0) is 18.8. The minimum atomic E-state index is -1.19. The molecule has 1 aliphatic heterocycles. The third-order valence-electron chi connectivity index (χ3n) is 4.09. The highest BCUT2D eigenvalue weighted by Gasteiger charge is 2.52. The normalized spacial score (nSPS) is 20.5. The largest absolute Gasteiger partial charge is 0.467 e. The quantitative estimate of drug-likeness (QED) is 0.698. The summed E-state index contributed by atoms with van der Waals surface area (Å²) in [7, 11) is 1.29. The van der Waals surface area contributed by atoms with E-state index in [9.17, 15) is 14.0 Å². The van der Waals surface area contributed by atoms with Gasteiger partial charge in [-0.25, -0.2) is 14.0 Å². The number of benzene rings is 1. The van der Waals surface area contributed by atoms with Gasteiger partial charge in [-0.05, 0) is 57.4 Å². The first-order valence-electron chi connectivity index (χ1n) is 8.11. The zero-order valence-corrected chi connectivity index (χ0v) is 16.5. The van der Waals surface area contributed by atoms with Gasteiger partial charge in [0.05, 0.1) is 7.11 Å². The van der Waals surface area contributed by atoms with Gasteiger partial charge in [0.2, 0.25) is 0 Å². The van der Waals surface area contributed by atoms with Crippen molar-refractivity contribution >= 4 is 28.0 Å². The lowest BCUT2D eigenvalue weighted by Crippen LogP contribution is -2.56. The van der Waals surface area contributed by atoms with E-state index in [1.807, 2.05) is 0 Å². The summed E-state index contributed by atoms with van der Waals surface area (Å²) in [5.74, 6) is -0.928. The summed E-state index contributed by atoms with van der Waals surface area (Å²) in [6, 6.07) is 4.44. The average Bonchev–Trinajstić information content (AvgIpc) is 2.88. The summed E-state index contributed by atoms with van der Waals surface area (Å²) in [5, 5.41) is 0. The van der Waals surface area contributed by atoms with Gasteiger partial charge >= 0.3 is 12.1 Å². The number of likely N-dealkylation sites (tertiary alicyclic amines) is 1. The fraction of sp³-hybridized carbons (Fsp3) is 0.556. The average molecular weight is 416 g/mol. The Kier molecular flexibility index (Phi) is 5.76. The smallest absolute Gasteiger partial charge is 0.411 e. The molecule has 1 saturated heterocycles. The van der Waals surface area contributed by atoms with E-state index in [4.69, 9.17) is 9.47 Å². The molecule has 5 nitrogen and oxygen atoms in total. The summed E-state index contributed by atoms with van der Waals surface area (Å²) in [4.78, 5) is 26.7.